The van der Waals surface area contributed by atoms with Gasteiger partial charge < -0.3 is 4.98 Å². The monoisotopic (exact) mass is 476 g/mol. The first-order valence-corrected chi connectivity index (χ1v) is 12.5. The molecule has 6 nitrogen and oxygen atoms in total. The fourth-order valence-corrected chi connectivity index (χ4v) is 5.59. The SMILES string of the molecule is O=C(Cc1ccc2c(=O)[nH]cc(F)c2c1)C1CC1c1ccc(S(=O)(=O)Cc2ccccn2)cc1. The number of rotatable bonds is 7. The van der Waals surface area contributed by atoms with Crippen LogP contribution in [0.15, 0.2) is 82.7 Å². The molecule has 2 unspecified atom stereocenters. The summed E-state index contributed by atoms with van der Waals surface area (Å²) in [5, 5.41) is 0.447. The maximum Gasteiger partial charge on any atom is 0.256 e. The first-order chi connectivity index (χ1) is 16.3. The zero-order valence-corrected chi connectivity index (χ0v) is 18.9. The predicted molar refractivity (Wildman–Crippen MR) is 126 cm³/mol. The molecule has 1 aliphatic rings. The van der Waals surface area contributed by atoms with Gasteiger partial charge in [-0.25, -0.2) is 12.8 Å². The third-order valence-corrected chi connectivity index (χ3v) is 7.90. The first-order valence-electron chi connectivity index (χ1n) is 10.9. The van der Waals surface area contributed by atoms with Crippen LogP contribution < -0.4 is 5.56 Å². The van der Waals surface area contributed by atoms with Crippen LogP contribution in [0.5, 0.6) is 0 Å². The van der Waals surface area contributed by atoms with E-state index < -0.39 is 15.7 Å². The second kappa shape index (κ2) is 8.61. The molecule has 1 aliphatic carbocycles. The summed E-state index contributed by atoms with van der Waals surface area (Å²) >= 11 is 0. The van der Waals surface area contributed by atoms with Crippen molar-refractivity contribution in [3.05, 3.63) is 106 Å². The summed E-state index contributed by atoms with van der Waals surface area (Å²) in [6.45, 7) is 0. The molecule has 1 N–H and O–H groups in total. The predicted octanol–water partition coefficient (Wildman–Crippen LogP) is 3.95. The molecule has 0 saturated heterocycles. The van der Waals surface area contributed by atoms with Crippen LogP contribution in [0.2, 0.25) is 0 Å². The van der Waals surface area contributed by atoms with Gasteiger partial charge in [0.25, 0.3) is 5.56 Å². The number of carbonyl (C=O) groups is 1. The zero-order chi connectivity index (χ0) is 23.9. The number of hydrogen-bond donors (Lipinski definition) is 1. The highest BCUT2D eigenvalue weighted by atomic mass is 32.2. The van der Waals surface area contributed by atoms with E-state index in [-0.39, 0.29) is 51.0 Å². The lowest BCUT2D eigenvalue weighted by atomic mass is 10.0. The largest absolute Gasteiger partial charge is 0.326 e. The molecule has 0 amide bonds. The van der Waals surface area contributed by atoms with Gasteiger partial charge in [-0.15, -0.1) is 0 Å². The highest BCUT2D eigenvalue weighted by molar-refractivity contribution is 7.90. The summed E-state index contributed by atoms with van der Waals surface area (Å²) in [6, 6.07) is 16.6. The Balaban J connectivity index is 1.26. The van der Waals surface area contributed by atoms with Crippen LogP contribution in [-0.2, 0) is 26.8 Å². The van der Waals surface area contributed by atoms with Gasteiger partial charge >= 0.3 is 0 Å². The van der Waals surface area contributed by atoms with E-state index in [2.05, 4.69) is 9.97 Å². The number of nitrogens with one attached hydrogen (secondary N) is 1. The Morgan fingerprint density at radius 1 is 1.06 bits per heavy atom. The molecular formula is C26H21FN2O4S. The smallest absolute Gasteiger partial charge is 0.256 e. The lowest BCUT2D eigenvalue weighted by Crippen LogP contribution is -2.09. The van der Waals surface area contributed by atoms with Crippen LogP contribution in [0.25, 0.3) is 10.8 Å². The van der Waals surface area contributed by atoms with Crippen LogP contribution in [0, 0.1) is 11.7 Å². The number of nitrogens with zero attached hydrogens (tertiary/aromatic N) is 1. The summed E-state index contributed by atoms with van der Waals surface area (Å²) in [6.07, 6.45) is 3.43. The number of ketones is 1. The van der Waals surface area contributed by atoms with Crippen LogP contribution in [-0.4, -0.2) is 24.2 Å². The third-order valence-electron chi connectivity index (χ3n) is 6.23. The lowest BCUT2D eigenvalue weighted by Gasteiger charge is -2.07. The summed E-state index contributed by atoms with van der Waals surface area (Å²) in [4.78, 5) is 31.3. The van der Waals surface area contributed by atoms with Gasteiger partial charge in [-0.1, -0.05) is 24.3 Å². The molecule has 8 heteroatoms. The lowest BCUT2D eigenvalue weighted by molar-refractivity contribution is -0.119. The van der Waals surface area contributed by atoms with Crippen LogP contribution in [0.1, 0.15) is 29.2 Å². The molecule has 5 rings (SSSR count). The minimum absolute atomic E-state index is 0.0417. The molecule has 34 heavy (non-hydrogen) atoms. The van der Waals surface area contributed by atoms with Crippen molar-refractivity contribution in [2.75, 3.05) is 0 Å². The average molecular weight is 477 g/mol. The van der Waals surface area contributed by atoms with Crippen molar-refractivity contribution in [3.63, 3.8) is 0 Å². The number of aromatic amines is 1. The van der Waals surface area contributed by atoms with Gasteiger partial charge in [-0.05, 0) is 59.9 Å². The van der Waals surface area contributed by atoms with Crippen molar-refractivity contribution in [3.8, 4) is 0 Å². The Hall–Kier alpha value is -3.65. The van der Waals surface area contributed by atoms with Crippen molar-refractivity contribution in [2.45, 2.75) is 29.4 Å². The molecule has 0 bridgehead atoms. The standard InChI is InChI=1S/C26H21FN2O4S/c27-24-14-29-26(31)20-9-4-16(11-22(20)24)12-25(30)23-13-21(23)17-5-7-19(8-6-17)34(32,33)15-18-3-1-2-10-28-18/h1-11,14,21,23H,12-13,15H2,(H,29,31). The van der Waals surface area contributed by atoms with Crippen molar-refractivity contribution in [1.29, 1.82) is 0 Å². The van der Waals surface area contributed by atoms with E-state index in [1.165, 1.54) is 6.07 Å². The van der Waals surface area contributed by atoms with Gasteiger partial charge in [0, 0.05) is 35.5 Å². The molecule has 0 radical (unpaired) electrons. The minimum Gasteiger partial charge on any atom is -0.326 e. The van der Waals surface area contributed by atoms with Crippen molar-refractivity contribution >= 4 is 26.4 Å². The van der Waals surface area contributed by atoms with E-state index >= 15 is 0 Å². The van der Waals surface area contributed by atoms with Crippen LogP contribution in [0.4, 0.5) is 4.39 Å². The highest BCUT2D eigenvalue weighted by Gasteiger charge is 2.43. The summed E-state index contributed by atoms with van der Waals surface area (Å²) in [5.74, 6) is -0.779. The molecule has 1 fully saturated rings. The Morgan fingerprint density at radius 3 is 2.59 bits per heavy atom. The second-order valence-electron chi connectivity index (χ2n) is 8.59. The maximum absolute atomic E-state index is 14.1. The normalized spacial score (nSPS) is 17.6. The van der Waals surface area contributed by atoms with E-state index in [1.54, 1.807) is 60.8 Å². The quantitative estimate of drug-likeness (QED) is 0.436. The van der Waals surface area contributed by atoms with E-state index in [9.17, 15) is 22.4 Å². The van der Waals surface area contributed by atoms with E-state index in [0.29, 0.717) is 17.7 Å². The number of aromatic nitrogens is 2. The Bertz CT molecular complexity index is 1550. The molecular weight excluding hydrogens is 455 g/mol. The summed E-state index contributed by atoms with van der Waals surface area (Å²) in [7, 11) is -3.52. The third kappa shape index (κ3) is 4.41. The van der Waals surface area contributed by atoms with E-state index in [0.717, 1.165) is 11.8 Å². The molecule has 0 spiro atoms. The molecule has 2 heterocycles. The molecule has 2 aromatic carbocycles. The number of Topliss-reactive ketones (excluding diaryl/α,β-unsaturated/α-hetero) is 1. The Kier molecular flexibility index (Phi) is 5.61. The number of carbonyl (C=O) groups excluding carboxylic acids is 1. The molecule has 1 saturated carbocycles. The van der Waals surface area contributed by atoms with Gasteiger partial charge in [-0.3, -0.25) is 14.6 Å². The Labute approximate surface area is 195 Å². The first kappa shape index (κ1) is 22.2. The van der Waals surface area contributed by atoms with E-state index in [1.807, 2.05) is 0 Å². The average Bonchev–Trinajstić information content (AvgIpc) is 3.63. The van der Waals surface area contributed by atoms with Gasteiger partial charge in [0.1, 0.15) is 11.6 Å². The zero-order valence-electron chi connectivity index (χ0n) is 18.1. The second-order valence-corrected chi connectivity index (χ2v) is 10.6. The minimum atomic E-state index is -3.52. The number of pyridine rings is 2. The van der Waals surface area contributed by atoms with Gasteiger partial charge in [0.2, 0.25) is 0 Å². The summed E-state index contributed by atoms with van der Waals surface area (Å²) in [5.41, 5.74) is 1.69. The number of H-pyrrole nitrogens is 1. The fraction of sp³-hybridized carbons (Fsp3) is 0.192. The van der Waals surface area contributed by atoms with Crippen molar-refractivity contribution in [1.82, 2.24) is 9.97 Å². The number of sulfone groups is 1. The fourth-order valence-electron chi connectivity index (χ4n) is 4.32. The summed E-state index contributed by atoms with van der Waals surface area (Å²) < 4.78 is 39.4. The van der Waals surface area contributed by atoms with Gasteiger partial charge in [0.15, 0.2) is 9.84 Å². The van der Waals surface area contributed by atoms with Crippen molar-refractivity contribution < 1.29 is 17.6 Å². The Morgan fingerprint density at radius 2 is 1.85 bits per heavy atom. The molecule has 172 valence electrons. The maximum atomic E-state index is 14.1. The molecule has 2 aromatic heterocycles. The van der Waals surface area contributed by atoms with Crippen LogP contribution >= 0.6 is 0 Å². The molecule has 2 atom stereocenters. The van der Waals surface area contributed by atoms with Crippen LogP contribution in [0.3, 0.4) is 0 Å². The van der Waals surface area contributed by atoms with Gasteiger partial charge in [0.05, 0.1) is 16.3 Å². The number of fused-ring (bicyclic) bond motifs is 1. The molecule has 0 aliphatic heterocycles. The number of benzene rings is 2. The van der Waals surface area contributed by atoms with Crippen molar-refractivity contribution in [2.24, 2.45) is 5.92 Å². The van der Waals surface area contributed by atoms with E-state index in [4.69, 9.17) is 0 Å². The van der Waals surface area contributed by atoms with Gasteiger partial charge in [-0.2, -0.15) is 0 Å². The number of hydrogen-bond acceptors (Lipinski definition) is 5. The highest BCUT2D eigenvalue weighted by Crippen LogP contribution is 2.48. The number of halogens is 1. The molecule has 4 aromatic rings. The topological polar surface area (TPSA) is 97.0 Å².